The number of carbonyl (C=O) groups excluding carboxylic acids is 1. The van der Waals surface area contributed by atoms with Gasteiger partial charge in [-0.3, -0.25) is 4.79 Å². The number of nitrogens with zero attached hydrogens (tertiary/aromatic N) is 2. The Morgan fingerprint density at radius 2 is 1.82 bits per heavy atom. The number of hydrogen-bond acceptors (Lipinski definition) is 4. The van der Waals surface area contributed by atoms with Crippen LogP contribution in [0.1, 0.15) is 42.4 Å². The molecule has 1 aromatic heterocycles. The second-order valence-corrected chi connectivity index (χ2v) is 5.51. The van der Waals surface area contributed by atoms with Gasteiger partial charge in [-0.25, -0.2) is 0 Å². The Balaban J connectivity index is 2.28. The van der Waals surface area contributed by atoms with Gasteiger partial charge >= 0.3 is 0 Å². The zero-order valence-corrected chi connectivity index (χ0v) is 10.9. The maximum atomic E-state index is 12.0. The van der Waals surface area contributed by atoms with E-state index in [1.165, 1.54) is 11.8 Å². The highest BCUT2D eigenvalue weighted by molar-refractivity contribution is 6.99. The summed E-state index contributed by atoms with van der Waals surface area (Å²) in [6.45, 7) is 6.44. The molecule has 1 heterocycles. The summed E-state index contributed by atoms with van der Waals surface area (Å²) >= 11 is 1.05. The molecule has 0 bridgehead atoms. The first-order valence-electron chi connectivity index (χ1n) is 5.41. The van der Waals surface area contributed by atoms with Crippen LogP contribution in [0.25, 0.3) is 0 Å². The van der Waals surface area contributed by atoms with Crippen LogP contribution in [-0.2, 0) is 5.41 Å². The lowest BCUT2D eigenvalue weighted by Crippen LogP contribution is -2.11. The average molecular weight is 246 g/mol. The number of aromatic nitrogens is 2. The largest absolute Gasteiger partial charge is 0.287 e. The van der Waals surface area contributed by atoms with Gasteiger partial charge < -0.3 is 0 Å². The molecular formula is C13H14N2OS. The van der Waals surface area contributed by atoms with Crippen LogP contribution in [0, 0.1) is 0 Å². The van der Waals surface area contributed by atoms with E-state index in [4.69, 9.17) is 0 Å². The Hall–Kier alpha value is -1.55. The summed E-state index contributed by atoms with van der Waals surface area (Å²) in [6, 6.07) is 7.69. The predicted molar refractivity (Wildman–Crippen MR) is 68.5 cm³/mol. The maximum Gasteiger partial charge on any atom is 0.214 e. The van der Waals surface area contributed by atoms with Crippen molar-refractivity contribution in [3.63, 3.8) is 0 Å². The minimum atomic E-state index is -0.0702. The average Bonchev–Trinajstić information content (AvgIpc) is 2.80. The molecule has 88 valence electrons. The van der Waals surface area contributed by atoms with Crippen molar-refractivity contribution in [1.29, 1.82) is 0 Å². The fourth-order valence-electron chi connectivity index (χ4n) is 1.53. The highest BCUT2D eigenvalue weighted by atomic mass is 32.1. The molecule has 0 amide bonds. The molecule has 0 radical (unpaired) electrons. The predicted octanol–water partition coefficient (Wildman–Crippen LogP) is 3.07. The van der Waals surface area contributed by atoms with Gasteiger partial charge in [-0.05, 0) is 11.0 Å². The van der Waals surface area contributed by atoms with Crippen LogP contribution < -0.4 is 0 Å². The van der Waals surface area contributed by atoms with Crippen LogP contribution in [-0.4, -0.2) is 14.5 Å². The molecule has 0 unspecified atom stereocenters. The number of benzene rings is 1. The van der Waals surface area contributed by atoms with Crippen LogP contribution in [0.15, 0.2) is 30.5 Å². The van der Waals surface area contributed by atoms with E-state index in [1.54, 1.807) is 0 Å². The van der Waals surface area contributed by atoms with Gasteiger partial charge in [0.25, 0.3) is 0 Å². The summed E-state index contributed by atoms with van der Waals surface area (Å²) in [7, 11) is 0. The zero-order chi connectivity index (χ0) is 12.5. The van der Waals surface area contributed by atoms with E-state index in [-0.39, 0.29) is 11.2 Å². The molecule has 0 atom stereocenters. The molecule has 2 rings (SSSR count). The second kappa shape index (κ2) is 4.37. The minimum absolute atomic E-state index is 0.0702. The first kappa shape index (κ1) is 11.9. The molecule has 0 aliphatic carbocycles. The highest BCUT2D eigenvalue weighted by Gasteiger charge is 2.15. The molecule has 17 heavy (non-hydrogen) atoms. The topological polar surface area (TPSA) is 42.9 Å². The van der Waals surface area contributed by atoms with Crippen molar-refractivity contribution in [1.82, 2.24) is 8.75 Å². The van der Waals surface area contributed by atoms with Crippen molar-refractivity contribution in [3.8, 4) is 0 Å². The van der Waals surface area contributed by atoms with Gasteiger partial charge in [0.2, 0.25) is 5.78 Å². The van der Waals surface area contributed by atoms with E-state index < -0.39 is 0 Å². The standard InChI is InChI=1S/C13H14N2OS/c1-13(2,3)10-6-4-9(5-7-10)12(16)11-8-14-17-15-11/h4-8H,1-3H3. The van der Waals surface area contributed by atoms with Gasteiger partial charge in [-0.1, -0.05) is 45.0 Å². The first-order valence-corrected chi connectivity index (χ1v) is 6.14. The maximum absolute atomic E-state index is 12.0. The number of hydrogen-bond donors (Lipinski definition) is 0. The second-order valence-electron chi connectivity index (χ2n) is 4.95. The van der Waals surface area contributed by atoms with Gasteiger partial charge in [-0.15, -0.1) is 0 Å². The molecule has 2 aromatic rings. The molecule has 4 heteroatoms. The lowest BCUT2D eigenvalue weighted by atomic mass is 9.86. The Kier molecular flexibility index (Phi) is 3.07. The summed E-state index contributed by atoms with van der Waals surface area (Å²) in [4.78, 5) is 12.0. The third-order valence-corrected chi connectivity index (χ3v) is 3.09. The number of carbonyl (C=O) groups is 1. The summed E-state index contributed by atoms with van der Waals surface area (Å²) < 4.78 is 7.78. The Labute approximate surface area is 105 Å². The summed E-state index contributed by atoms with van der Waals surface area (Å²) in [5, 5.41) is 0. The van der Waals surface area contributed by atoms with E-state index in [1.807, 2.05) is 24.3 Å². The fourth-order valence-corrected chi connectivity index (χ4v) is 1.95. The Morgan fingerprint density at radius 3 is 2.29 bits per heavy atom. The number of rotatable bonds is 2. The molecule has 0 saturated carbocycles. The third-order valence-electron chi connectivity index (χ3n) is 2.61. The molecule has 0 aliphatic rings. The summed E-state index contributed by atoms with van der Waals surface area (Å²) in [5.74, 6) is -0.0702. The smallest absolute Gasteiger partial charge is 0.214 e. The minimum Gasteiger partial charge on any atom is -0.287 e. The third kappa shape index (κ3) is 2.58. The lowest BCUT2D eigenvalue weighted by Gasteiger charge is -2.18. The van der Waals surface area contributed by atoms with Crippen LogP contribution >= 0.6 is 11.7 Å². The zero-order valence-electron chi connectivity index (χ0n) is 10.1. The highest BCUT2D eigenvalue weighted by Crippen LogP contribution is 2.22. The van der Waals surface area contributed by atoms with Crippen molar-refractivity contribution in [2.75, 3.05) is 0 Å². The van der Waals surface area contributed by atoms with E-state index in [2.05, 4.69) is 29.5 Å². The SMILES string of the molecule is CC(C)(C)c1ccc(C(=O)c2cnsn2)cc1. The quantitative estimate of drug-likeness (QED) is 0.765. The van der Waals surface area contributed by atoms with E-state index in [0.717, 1.165) is 11.7 Å². The summed E-state index contributed by atoms with van der Waals surface area (Å²) in [6.07, 6.45) is 1.50. The van der Waals surface area contributed by atoms with Gasteiger partial charge in [0.1, 0.15) is 5.69 Å². The fraction of sp³-hybridized carbons (Fsp3) is 0.308. The molecule has 0 aliphatic heterocycles. The molecule has 0 N–H and O–H groups in total. The molecule has 0 fully saturated rings. The lowest BCUT2D eigenvalue weighted by molar-refractivity contribution is 0.103. The van der Waals surface area contributed by atoms with Crippen molar-refractivity contribution in [2.24, 2.45) is 0 Å². The van der Waals surface area contributed by atoms with Crippen molar-refractivity contribution in [3.05, 3.63) is 47.3 Å². The van der Waals surface area contributed by atoms with E-state index >= 15 is 0 Å². The monoisotopic (exact) mass is 246 g/mol. The van der Waals surface area contributed by atoms with Gasteiger partial charge in [-0.2, -0.15) is 8.75 Å². The van der Waals surface area contributed by atoms with Gasteiger partial charge in [0, 0.05) is 5.56 Å². The molecule has 1 aromatic carbocycles. The van der Waals surface area contributed by atoms with Crippen LogP contribution in [0.2, 0.25) is 0 Å². The van der Waals surface area contributed by atoms with Gasteiger partial charge in [0.15, 0.2) is 0 Å². The Morgan fingerprint density at radius 1 is 1.18 bits per heavy atom. The normalized spacial score (nSPS) is 11.5. The molecular weight excluding hydrogens is 232 g/mol. The van der Waals surface area contributed by atoms with Crippen LogP contribution in [0.3, 0.4) is 0 Å². The molecule has 3 nitrogen and oxygen atoms in total. The number of ketones is 1. The van der Waals surface area contributed by atoms with Gasteiger partial charge in [0.05, 0.1) is 17.9 Å². The summed E-state index contributed by atoms with van der Waals surface area (Å²) in [5.41, 5.74) is 2.39. The van der Waals surface area contributed by atoms with E-state index in [0.29, 0.717) is 11.3 Å². The van der Waals surface area contributed by atoms with Crippen molar-refractivity contribution >= 4 is 17.5 Å². The first-order chi connectivity index (χ1) is 7.98. The Bertz CT molecular complexity index is 509. The molecule has 0 spiro atoms. The van der Waals surface area contributed by atoms with Crippen LogP contribution in [0.5, 0.6) is 0 Å². The van der Waals surface area contributed by atoms with Crippen molar-refractivity contribution < 1.29 is 4.79 Å². The van der Waals surface area contributed by atoms with Crippen LogP contribution in [0.4, 0.5) is 0 Å². The van der Waals surface area contributed by atoms with Crippen molar-refractivity contribution in [2.45, 2.75) is 26.2 Å². The van der Waals surface area contributed by atoms with E-state index in [9.17, 15) is 4.79 Å². The molecule has 0 saturated heterocycles.